The molecule has 0 fully saturated rings. The maximum atomic E-state index is 10.6. The Morgan fingerprint density at radius 1 is 0.550 bits per heavy atom. The highest BCUT2D eigenvalue weighted by atomic mass is 16.5. The number of esters is 2. The van der Waals surface area contributed by atoms with E-state index in [2.05, 4.69) is 41.5 Å². The molecular formula is C32H42O8. The van der Waals surface area contributed by atoms with Crippen molar-refractivity contribution in [1.82, 2.24) is 0 Å². The minimum absolute atomic E-state index is 0.0569. The molecule has 0 aliphatic heterocycles. The number of rotatable bonds is 4. The molecular weight excluding hydrogens is 512 g/mol. The Morgan fingerprint density at radius 3 is 1.05 bits per heavy atom. The van der Waals surface area contributed by atoms with Gasteiger partial charge in [0.05, 0.1) is 14.2 Å². The molecule has 8 heteroatoms. The predicted octanol–water partition coefficient (Wildman–Crippen LogP) is 6.93. The van der Waals surface area contributed by atoms with Crippen LogP contribution in [0, 0.1) is 0 Å². The van der Waals surface area contributed by atoms with Gasteiger partial charge in [-0.25, -0.2) is 0 Å². The number of methoxy groups -OCH3 is 2. The van der Waals surface area contributed by atoms with Crippen molar-refractivity contribution < 1.29 is 38.7 Å². The summed E-state index contributed by atoms with van der Waals surface area (Å²) in [6, 6.07) is 16.8. The van der Waals surface area contributed by atoms with Crippen molar-refractivity contribution in [3.63, 3.8) is 0 Å². The van der Waals surface area contributed by atoms with E-state index in [1.54, 1.807) is 62.8 Å². The van der Waals surface area contributed by atoms with Gasteiger partial charge in [0.1, 0.15) is 34.5 Å². The van der Waals surface area contributed by atoms with Crippen molar-refractivity contribution >= 4 is 11.9 Å². The van der Waals surface area contributed by atoms with Gasteiger partial charge in [-0.3, -0.25) is 9.59 Å². The molecule has 0 aromatic heterocycles. The van der Waals surface area contributed by atoms with Crippen LogP contribution in [0.2, 0.25) is 0 Å². The minimum atomic E-state index is -0.384. The van der Waals surface area contributed by atoms with Gasteiger partial charge in [-0.15, -0.1) is 0 Å². The highest BCUT2D eigenvalue weighted by Crippen LogP contribution is 2.34. The molecule has 3 aromatic rings. The molecule has 0 spiro atoms. The van der Waals surface area contributed by atoms with Crippen LogP contribution in [-0.4, -0.2) is 36.4 Å². The summed E-state index contributed by atoms with van der Waals surface area (Å²) in [4.78, 5) is 21.1. The summed E-state index contributed by atoms with van der Waals surface area (Å²) in [5, 5.41) is 19.2. The van der Waals surface area contributed by atoms with Gasteiger partial charge in [0.2, 0.25) is 0 Å². The third-order valence-electron chi connectivity index (χ3n) is 5.37. The summed E-state index contributed by atoms with van der Waals surface area (Å²) >= 11 is 0. The zero-order valence-electron chi connectivity index (χ0n) is 25.1. The van der Waals surface area contributed by atoms with Crippen LogP contribution in [0.15, 0.2) is 60.7 Å². The Bertz CT molecular complexity index is 1150. The Kier molecular flexibility index (Phi) is 12.5. The van der Waals surface area contributed by atoms with Crippen molar-refractivity contribution in [2.75, 3.05) is 14.2 Å². The van der Waals surface area contributed by atoms with E-state index in [1.807, 2.05) is 12.1 Å². The van der Waals surface area contributed by atoms with Crippen LogP contribution in [0.1, 0.15) is 66.5 Å². The number of hydrogen-bond donors (Lipinski definition) is 2. The van der Waals surface area contributed by atoms with Gasteiger partial charge in [0.15, 0.2) is 0 Å². The number of phenolic OH excluding ortho intramolecular Hbond substituents is 2. The molecule has 0 unspecified atom stereocenters. The van der Waals surface area contributed by atoms with E-state index in [9.17, 15) is 19.8 Å². The first kappa shape index (κ1) is 33.8. The largest absolute Gasteiger partial charge is 0.508 e. The molecule has 0 aliphatic carbocycles. The van der Waals surface area contributed by atoms with Gasteiger partial charge in [-0.2, -0.15) is 0 Å². The smallest absolute Gasteiger partial charge is 0.308 e. The van der Waals surface area contributed by atoms with Gasteiger partial charge < -0.3 is 29.2 Å². The Balaban J connectivity index is 0.000000300. The van der Waals surface area contributed by atoms with Crippen molar-refractivity contribution in [2.24, 2.45) is 0 Å². The van der Waals surface area contributed by atoms with Crippen LogP contribution < -0.4 is 18.9 Å². The van der Waals surface area contributed by atoms with E-state index in [-0.39, 0.29) is 22.8 Å². The lowest BCUT2D eigenvalue weighted by molar-refractivity contribution is -0.133. The Hall–Kier alpha value is -4.20. The maximum Gasteiger partial charge on any atom is 0.308 e. The van der Waals surface area contributed by atoms with Crippen LogP contribution in [0.25, 0.3) is 0 Å². The molecule has 3 aromatic carbocycles. The highest BCUT2D eigenvalue weighted by Gasteiger charge is 2.19. The lowest BCUT2D eigenvalue weighted by Crippen LogP contribution is -2.11. The number of aromatic hydroxyl groups is 2. The predicted molar refractivity (Wildman–Crippen MR) is 156 cm³/mol. The lowest BCUT2D eigenvalue weighted by Gasteiger charge is -2.20. The van der Waals surface area contributed by atoms with Gasteiger partial charge in [0, 0.05) is 25.0 Å². The molecule has 0 bridgehead atoms. The SMILES string of the molecule is CC(=O)Oc1ccc(OC(C)=O)cc1.COc1ccc(O)c(C(C)(C)C)c1.COc1ccc(O)c(C(C)(C)C)c1. The fourth-order valence-corrected chi connectivity index (χ4v) is 3.39. The third-order valence-corrected chi connectivity index (χ3v) is 5.37. The lowest BCUT2D eigenvalue weighted by atomic mass is 9.86. The zero-order chi connectivity index (χ0) is 30.7. The van der Waals surface area contributed by atoms with Gasteiger partial charge >= 0.3 is 11.9 Å². The average Bonchev–Trinajstić information content (AvgIpc) is 2.85. The van der Waals surface area contributed by atoms with Crippen molar-refractivity contribution in [3.05, 3.63) is 71.8 Å². The minimum Gasteiger partial charge on any atom is -0.508 e. The quantitative estimate of drug-likeness (QED) is 0.264. The van der Waals surface area contributed by atoms with Crippen LogP contribution >= 0.6 is 0 Å². The molecule has 218 valence electrons. The molecule has 0 atom stereocenters. The number of ether oxygens (including phenoxy) is 4. The van der Waals surface area contributed by atoms with Gasteiger partial charge in [-0.1, -0.05) is 41.5 Å². The van der Waals surface area contributed by atoms with Crippen LogP contribution in [0.5, 0.6) is 34.5 Å². The molecule has 8 nitrogen and oxygen atoms in total. The molecule has 2 N–H and O–H groups in total. The molecule has 40 heavy (non-hydrogen) atoms. The number of hydrogen-bond acceptors (Lipinski definition) is 8. The molecule has 0 aliphatic rings. The summed E-state index contributed by atoms with van der Waals surface area (Å²) in [6.45, 7) is 15.0. The van der Waals surface area contributed by atoms with Crippen LogP contribution in [0.3, 0.4) is 0 Å². The van der Waals surface area contributed by atoms with Crippen molar-refractivity contribution in [2.45, 2.75) is 66.2 Å². The number of carbonyl (C=O) groups excluding carboxylic acids is 2. The number of benzene rings is 3. The van der Waals surface area contributed by atoms with E-state index in [0.717, 1.165) is 22.6 Å². The molecule has 0 radical (unpaired) electrons. The maximum absolute atomic E-state index is 10.6. The summed E-state index contributed by atoms with van der Waals surface area (Å²) < 4.78 is 19.8. The summed E-state index contributed by atoms with van der Waals surface area (Å²) in [6.07, 6.45) is 0. The second kappa shape index (κ2) is 14.8. The number of carbonyl (C=O) groups is 2. The molecule has 0 amide bonds. The van der Waals surface area contributed by atoms with Gasteiger partial charge in [-0.05, 0) is 71.5 Å². The molecule has 0 saturated heterocycles. The second-order valence-corrected chi connectivity index (χ2v) is 10.9. The first-order valence-corrected chi connectivity index (χ1v) is 12.7. The Labute approximate surface area is 237 Å². The Morgan fingerprint density at radius 2 is 0.825 bits per heavy atom. The topological polar surface area (TPSA) is 112 Å². The van der Waals surface area contributed by atoms with Crippen LogP contribution in [-0.2, 0) is 20.4 Å². The average molecular weight is 555 g/mol. The summed E-state index contributed by atoms with van der Waals surface area (Å²) in [5.74, 6) is 2.30. The third kappa shape index (κ3) is 11.7. The van der Waals surface area contributed by atoms with E-state index >= 15 is 0 Å². The normalized spacial score (nSPS) is 10.7. The van der Waals surface area contributed by atoms with E-state index in [4.69, 9.17) is 18.9 Å². The zero-order valence-corrected chi connectivity index (χ0v) is 25.1. The molecule has 3 rings (SSSR count). The number of phenols is 2. The standard InChI is InChI=1S/2C11H16O2.C10H10O4/c2*1-11(2,3)9-7-8(13-4)5-6-10(9)12;1-7(11)13-9-3-5-10(6-4-9)14-8(2)12/h2*5-7,12H,1-4H3;3-6H,1-2H3. The fraction of sp³-hybridized carbons (Fsp3) is 0.375. The molecule has 0 heterocycles. The monoisotopic (exact) mass is 554 g/mol. The fourth-order valence-electron chi connectivity index (χ4n) is 3.39. The van der Waals surface area contributed by atoms with E-state index < -0.39 is 0 Å². The van der Waals surface area contributed by atoms with E-state index in [0.29, 0.717) is 23.0 Å². The first-order valence-electron chi connectivity index (χ1n) is 12.7. The van der Waals surface area contributed by atoms with Crippen molar-refractivity contribution in [1.29, 1.82) is 0 Å². The highest BCUT2D eigenvalue weighted by molar-refractivity contribution is 5.70. The first-order chi connectivity index (χ1) is 18.5. The summed E-state index contributed by atoms with van der Waals surface area (Å²) in [5.41, 5.74) is 1.70. The van der Waals surface area contributed by atoms with Crippen molar-refractivity contribution in [3.8, 4) is 34.5 Å². The summed E-state index contributed by atoms with van der Waals surface area (Å²) in [7, 11) is 3.25. The van der Waals surface area contributed by atoms with Crippen LogP contribution in [0.4, 0.5) is 0 Å². The molecule has 0 saturated carbocycles. The van der Waals surface area contributed by atoms with E-state index in [1.165, 1.54) is 13.8 Å². The van der Waals surface area contributed by atoms with Gasteiger partial charge in [0.25, 0.3) is 0 Å². The second-order valence-electron chi connectivity index (χ2n) is 10.9.